The molecular weight excluding hydrogens is 156 g/mol. The van der Waals surface area contributed by atoms with E-state index in [-0.39, 0.29) is 0 Å². The number of piperidine rings is 1. The van der Waals surface area contributed by atoms with Crippen LogP contribution in [0.25, 0.3) is 0 Å². The summed E-state index contributed by atoms with van der Waals surface area (Å²) in [5.41, 5.74) is 0. The molecule has 0 amide bonds. The highest BCUT2D eigenvalue weighted by Gasteiger charge is 2.22. The molecule has 1 atom stereocenters. The first kappa shape index (κ1) is 7.90. The van der Waals surface area contributed by atoms with Gasteiger partial charge in [-0.25, -0.2) is 0 Å². The van der Waals surface area contributed by atoms with Crippen molar-refractivity contribution in [2.75, 3.05) is 18.8 Å². The Balaban J connectivity index is 1.67. The predicted molar refractivity (Wildman–Crippen MR) is 49.9 cm³/mol. The summed E-state index contributed by atoms with van der Waals surface area (Å²) in [4.78, 5) is 0. The minimum atomic E-state index is 0.790. The Bertz CT molecular complexity index is 119. The Morgan fingerprint density at radius 2 is 1.91 bits per heavy atom. The monoisotopic (exact) mass is 172 g/mol. The van der Waals surface area contributed by atoms with Crippen molar-refractivity contribution < 1.29 is 0 Å². The second-order valence-electron chi connectivity index (χ2n) is 3.34. The zero-order valence-electron chi connectivity index (χ0n) is 6.81. The molecule has 0 saturated carbocycles. The maximum absolute atomic E-state index is 3.68. The first-order chi connectivity index (χ1) is 5.45. The Labute approximate surface area is 72.5 Å². The summed E-state index contributed by atoms with van der Waals surface area (Å²) in [5, 5.41) is 7.85. The average molecular weight is 172 g/mol. The molecule has 64 valence electrons. The molecule has 0 aromatic heterocycles. The van der Waals surface area contributed by atoms with Crippen molar-refractivity contribution in [1.29, 1.82) is 0 Å². The molecule has 0 aromatic rings. The Kier molecular flexibility index (Phi) is 2.72. The number of nitrogens with one attached hydrogen (secondary N) is 2. The van der Waals surface area contributed by atoms with Crippen LogP contribution in [0.3, 0.4) is 0 Å². The topological polar surface area (TPSA) is 24.1 Å². The fourth-order valence-electron chi connectivity index (χ4n) is 1.62. The number of hydrogen-bond donors (Lipinski definition) is 2. The molecule has 2 nitrogen and oxygen atoms in total. The van der Waals surface area contributed by atoms with E-state index in [1.807, 2.05) is 0 Å². The molecule has 0 radical (unpaired) electrons. The molecule has 0 spiro atoms. The van der Waals surface area contributed by atoms with Crippen LogP contribution < -0.4 is 10.6 Å². The molecule has 2 heterocycles. The van der Waals surface area contributed by atoms with Gasteiger partial charge in [0.1, 0.15) is 0 Å². The Morgan fingerprint density at radius 1 is 1.18 bits per heavy atom. The lowest BCUT2D eigenvalue weighted by atomic mass is 10.1. The summed E-state index contributed by atoms with van der Waals surface area (Å²) < 4.78 is 0. The average Bonchev–Trinajstić information content (AvgIpc) is 1.99. The summed E-state index contributed by atoms with van der Waals surface area (Å²) in [6, 6.07) is 0.800. The van der Waals surface area contributed by atoms with Crippen LogP contribution in [0.2, 0.25) is 0 Å². The van der Waals surface area contributed by atoms with Crippen LogP contribution in [0.4, 0.5) is 0 Å². The van der Waals surface area contributed by atoms with E-state index in [0.717, 1.165) is 11.4 Å². The molecule has 2 fully saturated rings. The SMILES string of the molecule is C1CC(NC2CCS2)CCN1. The maximum Gasteiger partial charge on any atom is 0.0542 e. The van der Waals surface area contributed by atoms with Crippen molar-refractivity contribution in [2.45, 2.75) is 30.7 Å². The van der Waals surface area contributed by atoms with E-state index in [0.29, 0.717) is 0 Å². The first-order valence-corrected chi connectivity index (χ1v) is 5.58. The van der Waals surface area contributed by atoms with Gasteiger partial charge >= 0.3 is 0 Å². The van der Waals surface area contributed by atoms with Crippen molar-refractivity contribution in [1.82, 2.24) is 10.6 Å². The lowest BCUT2D eigenvalue weighted by Gasteiger charge is -2.33. The van der Waals surface area contributed by atoms with E-state index in [9.17, 15) is 0 Å². The van der Waals surface area contributed by atoms with E-state index in [2.05, 4.69) is 22.4 Å². The predicted octanol–water partition coefficient (Wildman–Crippen LogP) is 0.791. The quantitative estimate of drug-likeness (QED) is 0.644. The maximum atomic E-state index is 3.68. The van der Waals surface area contributed by atoms with E-state index >= 15 is 0 Å². The molecular formula is C8H16N2S. The zero-order valence-corrected chi connectivity index (χ0v) is 7.62. The van der Waals surface area contributed by atoms with Crippen LogP contribution in [0.5, 0.6) is 0 Å². The highest BCUT2D eigenvalue weighted by Crippen LogP contribution is 2.26. The summed E-state index contributed by atoms with van der Waals surface area (Å²) >= 11 is 2.07. The van der Waals surface area contributed by atoms with Gasteiger partial charge in [0, 0.05) is 6.04 Å². The largest absolute Gasteiger partial charge is 0.317 e. The van der Waals surface area contributed by atoms with Gasteiger partial charge in [0.15, 0.2) is 0 Å². The van der Waals surface area contributed by atoms with Crippen molar-refractivity contribution in [2.24, 2.45) is 0 Å². The summed E-state index contributed by atoms with van der Waals surface area (Å²) in [6.07, 6.45) is 4.02. The molecule has 2 rings (SSSR count). The summed E-state index contributed by atoms with van der Waals surface area (Å²) in [6.45, 7) is 2.41. The molecule has 2 saturated heterocycles. The van der Waals surface area contributed by atoms with Gasteiger partial charge in [-0.05, 0) is 38.1 Å². The second-order valence-corrected chi connectivity index (χ2v) is 4.65. The summed E-state index contributed by atoms with van der Waals surface area (Å²) in [7, 11) is 0. The van der Waals surface area contributed by atoms with Gasteiger partial charge < -0.3 is 10.6 Å². The highest BCUT2D eigenvalue weighted by molar-refractivity contribution is 8.01. The minimum absolute atomic E-state index is 0.790. The molecule has 2 aliphatic heterocycles. The van der Waals surface area contributed by atoms with Crippen molar-refractivity contribution in [3.63, 3.8) is 0 Å². The molecule has 0 bridgehead atoms. The third-order valence-corrected chi connectivity index (χ3v) is 3.71. The third kappa shape index (κ3) is 2.10. The van der Waals surface area contributed by atoms with Crippen LogP contribution in [-0.2, 0) is 0 Å². The molecule has 3 heteroatoms. The molecule has 0 aliphatic carbocycles. The van der Waals surface area contributed by atoms with Gasteiger partial charge in [0.05, 0.1) is 5.37 Å². The summed E-state index contributed by atoms with van der Waals surface area (Å²) in [5.74, 6) is 1.36. The smallest absolute Gasteiger partial charge is 0.0542 e. The number of hydrogen-bond acceptors (Lipinski definition) is 3. The van der Waals surface area contributed by atoms with Crippen LogP contribution in [0.15, 0.2) is 0 Å². The Morgan fingerprint density at radius 3 is 2.45 bits per heavy atom. The number of rotatable bonds is 2. The van der Waals surface area contributed by atoms with Gasteiger partial charge in [-0.2, -0.15) is 0 Å². The van der Waals surface area contributed by atoms with Crippen LogP contribution >= 0.6 is 11.8 Å². The van der Waals surface area contributed by atoms with Crippen molar-refractivity contribution in [3.05, 3.63) is 0 Å². The molecule has 11 heavy (non-hydrogen) atoms. The fourth-order valence-corrected chi connectivity index (χ4v) is 2.38. The van der Waals surface area contributed by atoms with Crippen molar-refractivity contribution >= 4 is 11.8 Å². The van der Waals surface area contributed by atoms with Gasteiger partial charge in [0.25, 0.3) is 0 Å². The molecule has 2 aliphatic rings. The van der Waals surface area contributed by atoms with Gasteiger partial charge in [-0.3, -0.25) is 0 Å². The Hall–Kier alpha value is 0.270. The highest BCUT2D eigenvalue weighted by atomic mass is 32.2. The fraction of sp³-hybridized carbons (Fsp3) is 1.00. The minimum Gasteiger partial charge on any atom is -0.317 e. The van der Waals surface area contributed by atoms with Gasteiger partial charge in [-0.15, -0.1) is 11.8 Å². The standard InChI is InChI=1S/C8H16N2S/c1-4-9-5-2-7(1)10-8-3-6-11-8/h7-10H,1-6H2. The first-order valence-electron chi connectivity index (χ1n) is 4.53. The van der Waals surface area contributed by atoms with Crippen molar-refractivity contribution in [3.8, 4) is 0 Å². The number of thioether (sulfide) groups is 1. The molecule has 0 aromatic carbocycles. The third-order valence-electron chi connectivity index (χ3n) is 2.46. The van der Waals surface area contributed by atoms with E-state index in [4.69, 9.17) is 0 Å². The van der Waals surface area contributed by atoms with E-state index < -0.39 is 0 Å². The van der Waals surface area contributed by atoms with E-state index in [1.165, 1.54) is 38.1 Å². The zero-order chi connectivity index (χ0) is 7.52. The second kappa shape index (κ2) is 3.78. The molecule has 2 N–H and O–H groups in total. The van der Waals surface area contributed by atoms with Gasteiger partial charge in [0.2, 0.25) is 0 Å². The van der Waals surface area contributed by atoms with Crippen LogP contribution in [0, 0.1) is 0 Å². The lowest BCUT2D eigenvalue weighted by molar-refractivity contribution is 0.374. The van der Waals surface area contributed by atoms with Gasteiger partial charge in [-0.1, -0.05) is 0 Å². The van der Waals surface area contributed by atoms with Crippen LogP contribution in [-0.4, -0.2) is 30.3 Å². The lowest BCUT2D eigenvalue weighted by Crippen LogP contribution is -2.46. The molecule has 1 unspecified atom stereocenters. The van der Waals surface area contributed by atoms with E-state index in [1.54, 1.807) is 0 Å². The normalized spacial score (nSPS) is 33.3. The van der Waals surface area contributed by atoms with Crippen LogP contribution in [0.1, 0.15) is 19.3 Å².